The molecule has 3 aromatic carbocycles. The van der Waals surface area contributed by atoms with Crippen LogP contribution in [0.3, 0.4) is 0 Å². The van der Waals surface area contributed by atoms with Crippen molar-refractivity contribution in [3.63, 3.8) is 0 Å². The number of hydrogen-bond donors (Lipinski definition) is 2. The summed E-state index contributed by atoms with van der Waals surface area (Å²) in [6.07, 6.45) is -0.768. The largest absolute Gasteiger partial charge is 0.444 e. The third-order valence-electron chi connectivity index (χ3n) is 5.68. The lowest BCUT2D eigenvalue weighted by molar-refractivity contribution is -0.125. The van der Waals surface area contributed by atoms with E-state index in [1.165, 1.54) is 25.1 Å². The SMILES string of the molecule is CC(=O)N(c1cc(Cl)ccc1C(=O)c1ccccc1Cl)C(CNC(=O)OC(C)(C)C)C(=O)NCc1ccccc1. The number of nitrogens with zero attached hydrogens (tertiary/aromatic N) is 1. The molecule has 210 valence electrons. The van der Waals surface area contributed by atoms with E-state index in [0.29, 0.717) is 0 Å². The number of carbonyl (C=O) groups excluding carboxylic acids is 4. The van der Waals surface area contributed by atoms with Crippen LogP contribution in [-0.2, 0) is 20.9 Å². The number of amides is 3. The van der Waals surface area contributed by atoms with Crippen molar-refractivity contribution in [1.82, 2.24) is 10.6 Å². The number of nitrogens with one attached hydrogen (secondary N) is 2. The molecule has 3 aromatic rings. The Hall–Kier alpha value is -3.88. The fraction of sp³-hybridized carbons (Fsp3) is 0.267. The lowest BCUT2D eigenvalue weighted by atomic mass is 9.99. The van der Waals surface area contributed by atoms with Crippen molar-refractivity contribution >= 4 is 52.6 Å². The number of hydrogen-bond acceptors (Lipinski definition) is 5. The van der Waals surface area contributed by atoms with Crippen molar-refractivity contribution in [3.8, 4) is 0 Å². The summed E-state index contributed by atoms with van der Waals surface area (Å²) in [5, 5.41) is 5.85. The van der Waals surface area contributed by atoms with Gasteiger partial charge in [0.05, 0.1) is 17.3 Å². The zero-order valence-corrected chi connectivity index (χ0v) is 24.2. The number of benzene rings is 3. The van der Waals surface area contributed by atoms with E-state index < -0.39 is 35.3 Å². The van der Waals surface area contributed by atoms with Crippen LogP contribution in [0.25, 0.3) is 0 Å². The summed E-state index contributed by atoms with van der Waals surface area (Å²) in [4.78, 5) is 54.0. The van der Waals surface area contributed by atoms with Gasteiger partial charge in [-0.05, 0) is 56.7 Å². The van der Waals surface area contributed by atoms with Gasteiger partial charge in [-0.2, -0.15) is 0 Å². The number of halogens is 2. The Morgan fingerprint density at radius 1 is 0.875 bits per heavy atom. The third kappa shape index (κ3) is 8.31. The topological polar surface area (TPSA) is 105 Å². The fourth-order valence-electron chi connectivity index (χ4n) is 3.94. The van der Waals surface area contributed by atoms with E-state index in [9.17, 15) is 19.2 Å². The molecule has 8 nitrogen and oxygen atoms in total. The number of anilines is 1. The van der Waals surface area contributed by atoms with Crippen LogP contribution in [0.15, 0.2) is 72.8 Å². The zero-order valence-electron chi connectivity index (χ0n) is 22.7. The van der Waals surface area contributed by atoms with Gasteiger partial charge in [-0.15, -0.1) is 0 Å². The molecule has 0 saturated heterocycles. The van der Waals surface area contributed by atoms with E-state index in [-0.39, 0.29) is 39.9 Å². The highest BCUT2D eigenvalue weighted by Gasteiger charge is 2.33. The molecule has 0 aromatic heterocycles. The number of ketones is 1. The molecule has 40 heavy (non-hydrogen) atoms. The first-order valence-electron chi connectivity index (χ1n) is 12.5. The summed E-state index contributed by atoms with van der Waals surface area (Å²) in [6.45, 7) is 6.25. The first-order valence-corrected chi connectivity index (χ1v) is 13.3. The van der Waals surface area contributed by atoms with Gasteiger partial charge in [0, 0.05) is 29.6 Å². The molecule has 0 saturated carbocycles. The number of alkyl carbamates (subject to hydrolysis) is 1. The van der Waals surface area contributed by atoms with Gasteiger partial charge in [-0.3, -0.25) is 19.3 Å². The fourth-order valence-corrected chi connectivity index (χ4v) is 4.33. The Kier molecular flexibility index (Phi) is 10.3. The minimum atomic E-state index is -1.26. The van der Waals surface area contributed by atoms with Crippen LogP contribution in [0.5, 0.6) is 0 Å². The number of carbonyl (C=O) groups is 4. The van der Waals surface area contributed by atoms with Gasteiger partial charge in [0.1, 0.15) is 11.6 Å². The van der Waals surface area contributed by atoms with Crippen LogP contribution < -0.4 is 15.5 Å². The van der Waals surface area contributed by atoms with Gasteiger partial charge in [0.25, 0.3) is 0 Å². The molecule has 0 bridgehead atoms. The van der Waals surface area contributed by atoms with Crippen LogP contribution >= 0.6 is 23.2 Å². The van der Waals surface area contributed by atoms with Gasteiger partial charge in [-0.1, -0.05) is 65.7 Å². The quantitative estimate of drug-likeness (QED) is 0.310. The normalized spacial score (nSPS) is 11.8. The highest BCUT2D eigenvalue weighted by molar-refractivity contribution is 6.35. The predicted octanol–water partition coefficient (Wildman–Crippen LogP) is 5.79. The second-order valence-corrected chi connectivity index (χ2v) is 10.8. The van der Waals surface area contributed by atoms with E-state index in [1.54, 1.807) is 45.0 Å². The zero-order chi connectivity index (χ0) is 29.4. The van der Waals surface area contributed by atoms with Crippen molar-refractivity contribution in [2.75, 3.05) is 11.4 Å². The van der Waals surface area contributed by atoms with Crippen LogP contribution in [-0.4, -0.2) is 41.9 Å². The van der Waals surface area contributed by atoms with Crippen LogP contribution in [0, 0.1) is 0 Å². The van der Waals surface area contributed by atoms with Gasteiger partial charge in [0.2, 0.25) is 11.8 Å². The van der Waals surface area contributed by atoms with E-state index in [0.717, 1.165) is 10.5 Å². The smallest absolute Gasteiger partial charge is 0.407 e. The second kappa shape index (κ2) is 13.5. The minimum Gasteiger partial charge on any atom is -0.444 e. The van der Waals surface area contributed by atoms with E-state index >= 15 is 0 Å². The average molecular weight is 585 g/mol. The third-order valence-corrected chi connectivity index (χ3v) is 6.25. The van der Waals surface area contributed by atoms with Crippen LogP contribution in [0.2, 0.25) is 10.0 Å². The van der Waals surface area contributed by atoms with Crippen molar-refractivity contribution in [2.24, 2.45) is 0 Å². The maximum Gasteiger partial charge on any atom is 0.407 e. The molecule has 0 aliphatic rings. The maximum atomic E-state index is 13.6. The van der Waals surface area contributed by atoms with Crippen molar-refractivity contribution < 1.29 is 23.9 Å². The molecule has 10 heteroatoms. The van der Waals surface area contributed by atoms with E-state index in [2.05, 4.69) is 10.6 Å². The number of ether oxygens (including phenoxy) is 1. The first kappa shape index (κ1) is 30.7. The summed E-state index contributed by atoms with van der Waals surface area (Å²) in [5.41, 5.74) is 0.466. The van der Waals surface area contributed by atoms with Gasteiger partial charge >= 0.3 is 6.09 Å². The van der Waals surface area contributed by atoms with Crippen molar-refractivity contribution in [3.05, 3.63) is 99.5 Å². The summed E-state index contributed by atoms with van der Waals surface area (Å²) < 4.78 is 5.32. The molecule has 2 N–H and O–H groups in total. The molecular weight excluding hydrogens is 553 g/mol. The molecule has 1 atom stereocenters. The van der Waals surface area contributed by atoms with E-state index in [4.69, 9.17) is 27.9 Å². The van der Waals surface area contributed by atoms with Gasteiger partial charge in [-0.25, -0.2) is 4.79 Å². The number of rotatable bonds is 9. The molecule has 1 unspecified atom stereocenters. The highest BCUT2D eigenvalue weighted by atomic mass is 35.5. The maximum absolute atomic E-state index is 13.6. The molecular formula is C30H31Cl2N3O5. The molecule has 0 radical (unpaired) electrons. The van der Waals surface area contributed by atoms with Crippen LogP contribution in [0.4, 0.5) is 10.5 Å². The molecule has 0 fully saturated rings. The Bertz CT molecular complexity index is 1390. The van der Waals surface area contributed by atoms with Gasteiger partial charge < -0.3 is 15.4 Å². The molecule has 0 heterocycles. The lowest BCUT2D eigenvalue weighted by Gasteiger charge is -2.32. The molecule has 0 aliphatic heterocycles. The van der Waals surface area contributed by atoms with Crippen molar-refractivity contribution in [1.29, 1.82) is 0 Å². The Morgan fingerprint density at radius 2 is 1.52 bits per heavy atom. The van der Waals surface area contributed by atoms with E-state index in [1.807, 2.05) is 30.3 Å². The summed E-state index contributed by atoms with van der Waals surface area (Å²) >= 11 is 12.6. The molecule has 3 amide bonds. The average Bonchev–Trinajstić information content (AvgIpc) is 2.89. The predicted molar refractivity (Wildman–Crippen MR) is 156 cm³/mol. The summed E-state index contributed by atoms with van der Waals surface area (Å²) in [7, 11) is 0. The minimum absolute atomic E-state index is 0.0933. The summed E-state index contributed by atoms with van der Waals surface area (Å²) in [6, 6.07) is 18.9. The first-order chi connectivity index (χ1) is 18.9. The second-order valence-electron chi connectivity index (χ2n) is 9.96. The lowest BCUT2D eigenvalue weighted by Crippen LogP contribution is -2.55. The molecule has 3 rings (SSSR count). The Balaban J connectivity index is 2.04. The Labute approximate surface area is 243 Å². The monoisotopic (exact) mass is 583 g/mol. The van der Waals surface area contributed by atoms with Gasteiger partial charge in [0.15, 0.2) is 5.78 Å². The standard InChI is InChI=1S/C30H31Cl2N3O5/c1-19(36)35(25-16-21(31)14-15-23(25)27(37)22-12-8-9-13-24(22)32)26(18-34-29(39)40-30(2,3)4)28(38)33-17-20-10-6-5-7-11-20/h5-16,26H,17-18H2,1-4H3,(H,33,38)(H,34,39). The Morgan fingerprint density at radius 3 is 2.15 bits per heavy atom. The highest BCUT2D eigenvalue weighted by Crippen LogP contribution is 2.31. The van der Waals surface area contributed by atoms with Crippen LogP contribution in [0.1, 0.15) is 49.2 Å². The summed E-state index contributed by atoms with van der Waals surface area (Å²) in [5.74, 6) is -1.58. The van der Waals surface area contributed by atoms with Crippen molar-refractivity contribution in [2.45, 2.75) is 45.9 Å². The molecule has 0 spiro atoms. The molecule has 0 aliphatic carbocycles.